The minimum Gasteiger partial charge on any atom is -0.477 e. The first-order chi connectivity index (χ1) is 10.2. The molecule has 0 radical (unpaired) electrons. The van der Waals surface area contributed by atoms with Gasteiger partial charge in [0.15, 0.2) is 0 Å². The molecule has 1 aliphatic rings. The van der Waals surface area contributed by atoms with Crippen molar-refractivity contribution in [3.05, 3.63) is 34.7 Å². The maximum absolute atomic E-state index is 11.5. The van der Waals surface area contributed by atoms with Gasteiger partial charge in [-0.1, -0.05) is 18.2 Å². The van der Waals surface area contributed by atoms with Crippen LogP contribution in [0.2, 0.25) is 0 Å². The van der Waals surface area contributed by atoms with E-state index >= 15 is 0 Å². The second-order valence-electron chi connectivity index (χ2n) is 5.42. The van der Waals surface area contributed by atoms with Gasteiger partial charge in [0.25, 0.3) is 0 Å². The fraction of sp³-hybridized carbons (Fsp3) is 0.438. The summed E-state index contributed by atoms with van der Waals surface area (Å²) in [5.41, 5.74) is 0.957. The van der Waals surface area contributed by atoms with E-state index in [0.29, 0.717) is 17.5 Å². The van der Waals surface area contributed by atoms with Crippen LogP contribution in [0.5, 0.6) is 0 Å². The number of rotatable bonds is 4. The third-order valence-electron chi connectivity index (χ3n) is 4.14. The first-order valence-corrected chi connectivity index (χ1v) is 7.99. The SMILES string of the molecule is COC1CCN(Cc2c(C(=O)O)sc3ccccc23)CC1. The van der Waals surface area contributed by atoms with Crippen LogP contribution < -0.4 is 0 Å². The average Bonchev–Trinajstić information content (AvgIpc) is 2.87. The third-order valence-corrected chi connectivity index (χ3v) is 5.34. The van der Waals surface area contributed by atoms with Crippen LogP contribution in [0.4, 0.5) is 0 Å². The molecule has 0 unspecified atom stereocenters. The lowest BCUT2D eigenvalue weighted by molar-refractivity contribution is 0.0388. The Morgan fingerprint density at radius 1 is 1.38 bits per heavy atom. The molecule has 1 aromatic heterocycles. The van der Waals surface area contributed by atoms with Gasteiger partial charge >= 0.3 is 5.97 Å². The third kappa shape index (κ3) is 2.95. The van der Waals surface area contributed by atoms with E-state index in [0.717, 1.165) is 41.6 Å². The summed E-state index contributed by atoms with van der Waals surface area (Å²) in [7, 11) is 1.76. The normalized spacial score (nSPS) is 17.4. The molecule has 21 heavy (non-hydrogen) atoms. The molecule has 4 nitrogen and oxygen atoms in total. The molecule has 1 aromatic carbocycles. The lowest BCUT2D eigenvalue weighted by atomic mass is 10.1. The molecule has 1 aliphatic heterocycles. The summed E-state index contributed by atoms with van der Waals surface area (Å²) in [4.78, 5) is 14.3. The van der Waals surface area contributed by atoms with Gasteiger partial charge in [-0.05, 0) is 29.9 Å². The van der Waals surface area contributed by atoms with E-state index in [-0.39, 0.29) is 0 Å². The van der Waals surface area contributed by atoms with Gasteiger partial charge in [0, 0.05) is 31.4 Å². The van der Waals surface area contributed by atoms with E-state index in [1.54, 1.807) is 7.11 Å². The van der Waals surface area contributed by atoms with E-state index in [9.17, 15) is 9.90 Å². The van der Waals surface area contributed by atoms with E-state index in [1.165, 1.54) is 11.3 Å². The van der Waals surface area contributed by atoms with Crippen molar-refractivity contribution >= 4 is 27.4 Å². The van der Waals surface area contributed by atoms with Crippen LogP contribution in [-0.4, -0.2) is 42.3 Å². The predicted molar refractivity (Wildman–Crippen MR) is 84.1 cm³/mol. The van der Waals surface area contributed by atoms with Crippen LogP contribution in [0, 0.1) is 0 Å². The maximum Gasteiger partial charge on any atom is 0.346 e. The van der Waals surface area contributed by atoms with Gasteiger partial charge in [0.1, 0.15) is 4.88 Å². The predicted octanol–water partition coefficient (Wildman–Crippen LogP) is 3.21. The molecule has 2 aromatic rings. The Kier molecular flexibility index (Phi) is 4.24. The number of fused-ring (bicyclic) bond motifs is 1. The molecule has 3 rings (SSSR count). The molecule has 0 saturated carbocycles. The van der Waals surface area contributed by atoms with Gasteiger partial charge in [-0.25, -0.2) is 4.79 Å². The van der Waals surface area contributed by atoms with E-state index in [4.69, 9.17) is 4.74 Å². The Hall–Kier alpha value is -1.43. The number of nitrogens with zero attached hydrogens (tertiary/aromatic N) is 1. The topological polar surface area (TPSA) is 49.8 Å². The first kappa shape index (κ1) is 14.5. The number of hydrogen-bond acceptors (Lipinski definition) is 4. The standard InChI is InChI=1S/C16H19NO3S/c1-20-11-6-8-17(9-7-11)10-13-12-4-2-3-5-14(12)21-15(13)16(18)19/h2-5,11H,6-10H2,1H3,(H,18,19). The zero-order chi connectivity index (χ0) is 14.8. The van der Waals surface area contributed by atoms with E-state index < -0.39 is 5.97 Å². The quantitative estimate of drug-likeness (QED) is 0.942. The first-order valence-electron chi connectivity index (χ1n) is 7.18. The lowest BCUT2D eigenvalue weighted by Gasteiger charge is -2.31. The molecule has 2 heterocycles. The monoisotopic (exact) mass is 305 g/mol. The van der Waals surface area contributed by atoms with Gasteiger partial charge in [0.2, 0.25) is 0 Å². The second-order valence-corrected chi connectivity index (χ2v) is 6.47. The molecule has 0 spiro atoms. The number of carboxylic acids is 1. The minimum absolute atomic E-state index is 0.347. The van der Waals surface area contributed by atoms with Crippen molar-refractivity contribution in [2.24, 2.45) is 0 Å². The molecule has 0 bridgehead atoms. The highest BCUT2D eigenvalue weighted by Gasteiger charge is 2.23. The summed E-state index contributed by atoms with van der Waals surface area (Å²) in [6.07, 6.45) is 2.38. The van der Waals surface area contributed by atoms with Crippen LogP contribution in [-0.2, 0) is 11.3 Å². The summed E-state index contributed by atoms with van der Waals surface area (Å²) in [5, 5.41) is 10.5. The molecule has 112 valence electrons. The van der Waals surface area contributed by atoms with Crippen molar-refractivity contribution in [3.8, 4) is 0 Å². The number of carbonyl (C=O) groups is 1. The van der Waals surface area contributed by atoms with Gasteiger partial charge < -0.3 is 9.84 Å². The van der Waals surface area contributed by atoms with Crippen LogP contribution >= 0.6 is 11.3 Å². The summed E-state index contributed by atoms with van der Waals surface area (Å²) < 4.78 is 6.44. The zero-order valence-corrected chi connectivity index (χ0v) is 12.9. The van der Waals surface area contributed by atoms with E-state index in [1.807, 2.05) is 24.3 Å². The molecular formula is C16H19NO3S. The number of likely N-dealkylation sites (tertiary alicyclic amines) is 1. The fourth-order valence-electron chi connectivity index (χ4n) is 2.96. The molecule has 0 atom stereocenters. The van der Waals surface area contributed by atoms with Crippen molar-refractivity contribution in [2.75, 3.05) is 20.2 Å². The molecular weight excluding hydrogens is 286 g/mol. The van der Waals surface area contributed by atoms with Crippen LogP contribution in [0.1, 0.15) is 28.1 Å². The lowest BCUT2D eigenvalue weighted by Crippen LogP contribution is -2.36. The highest BCUT2D eigenvalue weighted by molar-refractivity contribution is 7.21. The zero-order valence-electron chi connectivity index (χ0n) is 12.0. The van der Waals surface area contributed by atoms with Crippen molar-refractivity contribution in [2.45, 2.75) is 25.5 Å². The van der Waals surface area contributed by atoms with Gasteiger partial charge in [-0.15, -0.1) is 11.3 Å². The largest absolute Gasteiger partial charge is 0.477 e. The van der Waals surface area contributed by atoms with Crippen LogP contribution in [0.3, 0.4) is 0 Å². The van der Waals surface area contributed by atoms with Crippen molar-refractivity contribution in [1.29, 1.82) is 0 Å². The highest BCUT2D eigenvalue weighted by atomic mass is 32.1. The summed E-state index contributed by atoms with van der Waals surface area (Å²) in [6.45, 7) is 2.63. The van der Waals surface area contributed by atoms with Crippen LogP contribution in [0.15, 0.2) is 24.3 Å². The van der Waals surface area contributed by atoms with Crippen molar-refractivity contribution < 1.29 is 14.6 Å². The number of thiophene rings is 1. The Balaban J connectivity index is 1.86. The van der Waals surface area contributed by atoms with Crippen LogP contribution in [0.25, 0.3) is 10.1 Å². The number of piperidine rings is 1. The molecule has 1 N–H and O–H groups in total. The molecule has 1 fully saturated rings. The Morgan fingerprint density at radius 3 is 2.76 bits per heavy atom. The van der Waals surface area contributed by atoms with Gasteiger partial charge in [-0.2, -0.15) is 0 Å². The Bertz CT molecular complexity index is 644. The Labute approximate surface area is 127 Å². The van der Waals surface area contributed by atoms with Crippen molar-refractivity contribution in [1.82, 2.24) is 4.90 Å². The molecule has 0 aliphatic carbocycles. The minimum atomic E-state index is -0.821. The van der Waals surface area contributed by atoms with Gasteiger partial charge in [-0.3, -0.25) is 4.90 Å². The molecule has 0 amide bonds. The fourth-order valence-corrected chi connectivity index (χ4v) is 4.01. The number of hydrogen-bond donors (Lipinski definition) is 1. The average molecular weight is 305 g/mol. The number of ether oxygens (including phenoxy) is 1. The Morgan fingerprint density at radius 2 is 2.10 bits per heavy atom. The summed E-state index contributed by atoms with van der Waals surface area (Å²) in [6, 6.07) is 7.95. The summed E-state index contributed by atoms with van der Waals surface area (Å²) in [5.74, 6) is -0.821. The number of aromatic carboxylic acids is 1. The second kappa shape index (κ2) is 6.13. The van der Waals surface area contributed by atoms with E-state index in [2.05, 4.69) is 4.90 Å². The van der Waals surface area contributed by atoms with Crippen molar-refractivity contribution in [3.63, 3.8) is 0 Å². The molecule has 5 heteroatoms. The highest BCUT2D eigenvalue weighted by Crippen LogP contribution is 2.32. The number of methoxy groups -OCH3 is 1. The summed E-state index contributed by atoms with van der Waals surface area (Å²) >= 11 is 1.37. The number of carboxylic acid groups (broad SMARTS) is 1. The smallest absolute Gasteiger partial charge is 0.346 e. The molecule has 1 saturated heterocycles. The number of benzene rings is 1. The van der Waals surface area contributed by atoms with Gasteiger partial charge in [0.05, 0.1) is 6.10 Å². The maximum atomic E-state index is 11.5.